The summed E-state index contributed by atoms with van der Waals surface area (Å²) >= 11 is 0. The van der Waals surface area contributed by atoms with Crippen LogP contribution in [0.25, 0.3) is 0 Å². The molecule has 0 spiro atoms. The Hall–Kier alpha value is -0.790. The smallest absolute Gasteiger partial charge is 0.144 e. The lowest BCUT2D eigenvalue weighted by atomic mass is 10.1. The Balaban J connectivity index is 3.78. The number of allylic oxidation sites excluding steroid dienone is 2. The predicted octanol–water partition coefficient (Wildman–Crippen LogP) is 0.684. The van der Waals surface area contributed by atoms with Gasteiger partial charge in [0.1, 0.15) is 6.29 Å². The van der Waals surface area contributed by atoms with Crippen LogP contribution < -0.4 is 5.73 Å². The fourth-order valence-electron chi connectivity index (χ4n) is 0.271. The van der Waals surface area contributed by atoms with Gasteiger partial charge in [-0.3, -0.25) is 4.79 Å². The van der Waals surface area contributed by atoms with E-state index >= 15 is 0 Å². The molecule has 8 heavy (non-hydrogen) atoms. The summed E-state index contributed by atoms with van der Waals surface area (Å²) in [4.78, 5) is 9.76. The Bertz CT molecular complexity index is 105. The summed E-state index contributed by atoms with van der Waals surface area (Å²) in [6, 6.07) is 0. The van der Waals surface area contributed by atoms with Crippen LogP contribution in [-0.2, 0) is 4.79 Å². The van der Waals surface area contributed by atoms with Crippen molar-refractivity contribution < 1.29 is 4.79 Å². The van der Waals surface area contributed by atoms with Crippen LogP contribution in [0.15, 0.2) is 11.8 Å². The average Bonchev–Trinajstić information content (AvgIpc) is 1.67. The van der Waals surface area contributed by atoms with Gasteiger partial charge in [0.2, 0.25) is 0 Å². The molecule has 2 heteroatoms. The van der Waals surface area contributed by atoms with Crippen LogP contribution in [0.4, 0.5) is 0 Å². The molecular weight excluding hydrogens is 102 g/mol. The number of rotatable bonds is 2. The van der Waals surface area contributed by atoms with E-state index in [-0.39, 0.29) is 5.92 Å². The fourth-order valence-corrected chi connectivity index (χ4v) is 0.271. The molecule has 0 saturated heterocycles. The van der Waals surface area contributed by atoms with Gasteiger partial charge in [0.05, 0.1) is 0 Å². The van der Waals surface area contributed by atoms with E-state index in [0.717, 1.165) is 0 Å². The fraction of sp³-hybridized carbons (Fsp3) is 0.500. The molecule has 0 aromatic heterocycles. The number of carbonyl (C=O) groups excluding carboxylic acids is 1. The minimum absolute atomic E-state index is 0.278. The highest BCUT2D eigenvalue weighted by molar-refractivity contribution is 5.65. The van der Waals surface area contributed by atoms with Crippen molar-refractivity contribution in [2.24, 2.45) is 11.7 Å². The van der Waals surface area contributed by atoms with Gasteiger partial charge in [0.15, 0.2) is 0 Å². The van der Waals surface area contributed by atoms with Gasteiger partial charge in [-0.2, -0.15) is 0 Å². The SMILES string of the molecule is CC(C)/C(N)=C\C=O. The van der Waals surface area contributed by atoms with Gasteiger partial charge in [0, 0.05) is 5.70 Å². The highest BCUT2D eigenvalue weighted by atomic mass is 16.1. The highest BCUT2D eigenvalue weighted by Gasteiger charge is 1.93. The van der Waals surface area contributed by atoms with E-state index in [2.05, 4.69) is 0 Å². The molecule has 2 nitrogen and oxygen atoms in total. The Kier molecular flexibility index (Phi) is 2.92. The molecule has 0 unspecified atom stereocenters. The third-order valence-corrected chi connectivity index (χ3v) is 0.927. The van der Waals surface area contributed by atoms with Crippen LogP contribution in [0.5, 0.6) is 0 Å². The number of carbonyl (C=O) groups is 1. The van der Waals surface area contributed by atoms with Gasteiger partial charge in [-0.25, -0.2) is 0 Å². The number of aldehydes is 1. The van der Waals surface area contributed by atoms with Crippen molar-refractivity contribution in [1.82, 2.24) is 0 Å². The second-order valence-corrected chi connectivity index (χ2v) is 1.96. The first-order chi connectivity index (χ1) is 3.68. The minimum Gasteiger partial charge on any atom is -0.402 e. The van der Waals surface area contributed by atoms with Crippen LogP contribution in [0.2, 0.25) is 0 Å². The summed E-state index contributed by atoms with van der Waals surface area (Å²) in [5.41, 5.74) is 6.00. The normalized spacial score (nSPS) is 12.1. The van der Waals surface area contributed by atoms with E-state index in [1.807, 2.05) is 13.8 Å². The van der Waals surface area contributed by atoms with Gasteiger partial charge in [-0.1, -0.05) is 13.8 Å². The van der Waals surface area contributed by atoms with E-state index in [9.17, 15) is 4.79 Å². The van der Waals surface area contributed by atoms with Crippen LogP contribution in [-0.4, -0.2) is 6.29 Å². The molecule has 0 fully saturated rings. The number of hydrogen-bond donors (Lipinski definition) is 1. The second kappa shape index (κ2) is 3.24. The van der Waals surface area contributed by atoms with E-state index in [0.29, 0.717) is 12.0 Å². The Morgan fingerprint density at radius 3 is 2.25 bits per heavy atom. The maximum absolute atomic E-state index is 9.76. The van der Waals surface area contributed by atoms with Crippen LogP contribution in [0.1, 0.15) is 13.8 Å². The van der Waals surface area contributed by atoms with Crippen molar-refractivity contribution in [2.45, 2.75) is 13.8 Å². The standard InChI is InChI=1S/C6H11NO/c1-5(2)6(7)3-4-8/h3-5H,7H2,1-2H3/b6-3+. The molecule has 0 heterocycles. The first kappa shape index (κ1) is 7.21. The van der Waals surface area contributed by atoms with Gasteiger partial charge in [-0.05, 0) is 12.0 Å². The molecule has 46 valence electrons. The molecule has 0 aromatic rings. The second-order valence-electron chi connectivity index (χ2n) is 1.96. The summed E-state index contributed by atoms with van der Waals surface area (Å²) < 4.78 is 0. The molecule has 0 amide bonds. The summed E-state index contributed by atoms with van der Waals surface area (Å²) in [5, 5.41) is 0. The lowest BCUT2D eigenvalue weighted by molar-refractivity contribution is -0.104. The molecule has 0 bridgehead atoms. The summed E-state index contributed by atoms with van der Waals surface area (Å²) in [5.74, 6) is 0.278. The van der Waals surface area contributed by atoms with Crippen molar-refractivity contribution in [1.29, 1.82) is 0 Å². The highest BCUT2D eigenvalue weighted by Crippen LogP contribution is 1.98. The molecule has 0 aliphatic carbocycles. The zero-order valence-electron chi connectivity index (χ0n) is 5.22. The van der Waals surface area contributed by atoms with Crippen molar-refractivity contribution in [3.8, 4) is 0 Å². The molecule has 2 N–H and O–H groups in total. The topological polar surface area (TPSA) is 43.1 Å². The molecule has 0 aliphatic heterocycles. The van der Waals surface area contributed by atoms with Crippen LogP contribution >= 0.6 is 0 Å². The Morgan fingerprint density at radius 1 is 1.62 bits per heavy atom. The Morgan fingerprint density at radius 2 is 2.12 bits per heavy atom. The molecule has 0 aliphatic rings. The van der Waals surface area contributed by atoms with Crippen molar-refractivity contribution in [2.75, 3.05) is 0 Å². The lowest BCUT2D eigenvalue weighted by Crippen LogP contribution is -2.04. The van der Waals surface area contributed by atoms with E-state index in [1.54, 1.807) is 0 Å². The van der Waals surface area contributed by atoms with Crippen LogP contribution in [0, 0.1) is 5.92 Å². The average molecular weight is 113 g/mol. The third-order valence-electron chi connectivity index (χ3n) is 0.927. The first-order valence-electron chi connectivity index (χ1n) is 2.59. The molecule has 0 rings (SSSR count). The Labute approximate surface area is 49.4 Å². The van der Waals surface area contributed by atoms with Crippen molar-refractivity contribution >= 4 is 6.29 Å². The summed E-state index contributed by atoms with van der Waals surface area (Å²) in [6.07, 6.45) is 2.08. The molecule has 0 atom stereocenters. The van der Waals surface area contributed by atoms with Crippen molar-refractivity contribution in [3.05, 3.63) is 11.8 Å². The van der Waals surface area contributed by atoms with Crippen molar-refractivity contribution in [3.63, 3.8) is 0 Å². The number of hydrogen-bond acceptors (Lipinski definition) is 2. The molecule has 0 radical (unpaired) electrons. The van der Waals surface area contributed by atoms with E-state index < -0.39 is 0 Å². The molecular formula is C6H11NO. The predicted molar refractivity (Wildman–Crippen MR) is 33.2 cm³/mol. The zero-order chi connectivity index (χ0) is 6.57. The third kappa shape index (κ3) is 2.39. The minimum atomic E-state index is 0.278. The zero-order valence-corrected chi connectivity index (χ0v) is 5.22. The largest absolute Gasteiger partial charge is 0.402 e. The van der Waals surface area contributed by atoms with E-state index in [4.69, 9.17) is 5.73 Å². The summed E-state index contributed by atoms with van der Waals surface area (Å²) in [6.45, 7) is 3.88. The monoisotopic (exact) mass is 113 g/mol. The van der Waals surface area contributed by atoms with Gasteiger partial charge < -0.3 is 5.73 Å². The maximum Gasteiger partial charge on any atom is 0.144 e. The first-order valence-corrected chi connectivity index (χ1v) is 2.59. The van der Waals surface area contributed by atoms with Gasteiger partial charge in [-0.15, -0.1) is 0 Å². The van der Waals surface area contributed by atoms with Gasteiger partial charge in [0.25, 0.3) is 0 Å². The van der Waals surface area contributed by atoms with Gasteiger partial charge >= 0.3 is 0 Å². The quantitative estimate of drug-likeness (QED) is 0.423. The lowest BCUT2D eigenvalue weighted by Gasteiger charge is -2.00. The van der Waals surface area contributed by atoms with E-state index in [1.165, 1.54) is 6.08 Å². The number of nitrogens with two attached hydrogens (primary N) is 1. The molecule has 0 aromatic carbocycles. The molecule has 0 saturated carbocycles. The van der Waals surface area contributed by atoms with Crippen LogP contribution in [0.3, 0.4) is 0 Å². The summed E-state index contributed by atoms with van der Waals surface area (Å²) in [7, 11) is 0. The maximum atomic E-state index is 9.76.